The minimum absolute atomic E-state index is 0.0619. The van der Waals surface area contributed by atoms with E-state index in [4.69, 9.17) is 32.9 Å². The number of pyridine rings is 1. The molecular weight excluding hydrogens is 479 g/mol. The van der Waals surface area contributed by atoms with Gasteiger partial charge in [0.2, 0.25) is 5.88 Å². The number of fused-ring (bicyclic) bond motifs is 1. The molecule has 1 saturated carbocycles. The second-order valence-electron chi connectivity index (χ2n) is 10.2. The Balaban J connectivity index is 1.69. The minimum Gasteiger partial charge on any atom is -0.471 e. The summed E-state index contributed by atoms with van der Waals surface area (Å²) >= 11 is 12.8. The average Bonchev–Trinajstić information content (AvgIpc) is 2.84. The number of aliphatic hydroxyl groups is 1. The van der Waals surface area contributed by atoms with Crippen LogP contribution in [0.15, 0.2) is 54.6 Å². The zero-order valence-corrected chi connectivity index (χ0v) is 21.7. The van der Waals surface area contributed by atoms with Gasteiger partial charge in [-0.1, -0.05) is 73.8 Å². The van der Waals surface area contributed by atoms with Crippen molar-refractivity contribution in [2.75, 3.05) is 0 Å². The van der Waals surface area contributed by atoms with E-state index in [-0.39, 0.29) is 17.6 Å². The average molecular weight is 511 g/mol. The molecule has 2 unspecified atom stereocenters. The highest BCUT2D eigenvalue weighted by Crippen LogP contribution is 2.48. The van der Waals surface area contributed by atoms with Crippen LogP contribution in [0.3, 0.4) is 0 Å². The summed E-state index contributed by atoms with van der Waals surface area (Å²) in [7, 11) is 0. The quantitative estimate of drug-likeness (QED) is 0.343. The van der Waals surface area contributed by atoms with Crippen molar-refractivity contribution >= 4 is 23.2 Å². The SMILES string of the molecule is CC(C)C(O)NC1CC2(CCCCC2)Oc2nc(-c3ccccc3Cl)c(-c3ccc(Cl)cc3)cc21. The summed E-state index contributed by atoms with van der Waals surface area (Å²) in [6.45, 7) is 4.04. The topological polar surface area (TPSA) is 54.4 Å². The highest BCUT2D eigenvalue weighted by atomic mass is 35.5. The normalized spacial score (nSPS) is 19.9. The predicted octanol–water partition coefficient (Wildman–Crippen LogP) is 7.81. The molecule has 1 spiro atoms. The Hall–Kier alpha value is -2.11. The highest BCUT2D eigenvalue weighted by Gasteiger charge is 2.43. The van der Waals surface area contributed by atoms with E-state index < -0.39 is 6.23 Å². The van der Waals surface area contributed by atoms with Crippen LogP contribution in [-0.2, 0) is 0 Å². The van der Waals surface area contributed by atoms with Crippen molar-refractivity contribution in [1.82, 2.24) is 10.3 Å². The van der Waals surface area contributed by atoms with Crippen molar-refractivity contribution in [3.63, 3.8) is 0 Å². The Morgan fingerprint density at radius 3 is 2.40 bits per heavy atom. The van der Waals surface area contributed by atoms with Crippen molar-refractivity contribution in [2.24, 2.45) is 5.92 Å². The van der Waals surface area contributed by atoms with Crippen molar-refractivity contribution in [3.8, 4) is 28.3 Å². The first-order valence-corrected chi connectivity index (χ1v) is 13.3. The lowest BCUT2D eigenvalue weighted by molar-refractivity contribution is -0.0199. The van der Waals surface area contributed by atoms with E-state index in [1.54, 1.807) is 0 Å². The van der Waals surface area contributed by atoms with Crippen molar-refractivity contribution in [3.05, 3.63) is 70.2 Å². The standard InChI is InChI=1S/C29H32Cl2N2O2/c1-18(2)27(34)32-25-17-29(14-6-3-7-15-29)35-28-23(25)16-22(19-10-12-20(30)13-11-19)26(33-28)21-8-4-5-9-24(21)31/h4-5,8-13,16,18,25,27,32,34H,3,6-7,14-15,17H2,1-2H3. The second-order valence-corrected chi connectivity index (χ2v) is 11.1. The maximum atomic E-state index is 10.8. The fourth-order valence-electron chi connectivity index (χ4n) is 5.33. The van der Waals surface area contributed by atoms with Gasteiger partial charge in [-0.3, -0.25) is 5.32 Å². The van der Waals surface area contributed by atoms with Crippen LogP contribution in [0.5, 0.6) is 5.88 Å². The van der Waals surface area contributed by atoms with Crippen LogP contribution in [0.4, 0.5) is 0 Å². The van der Waals surface area contributed by atoms with Crippen molar-refractivity contribution < 1.29 is 9.84 Å². The fourth-order valence-corrected chi connectivity index (χ4v) is 5.68. The number of aliphatic hydroxyl groups excluding tert-OH is 1. The molecule has 1 aliphatic carbocycles. The Bertz CT molecular complexity index is 1190. The molecule has 2 aliphatic rings. The molecule has 2 N–H and O–H groups in total. The van der Waals surface area contributed by atoms with E-state index in [0.717, 1.165) is 60.1 Å². The van der Waals surface area contributed by atoms with Gasteiger partial charge in [0.15, 0.2) is 0 Å². The summed E-state index contributed by atoms with van der Waals surface area (Å²) in [6, 6.07) is 17.7. The Morgan fingerprint density at radius 1 is 1.00 bits per heavy atom. The first kappa shape index (κ1) is 24.6. The van der Waals surface area contributed by atoms with Crippen LogP contribution < -0.4 is 10.1 Å². The van der Waals surface area contributed by atoms with E-state index in [1.807, 2.05) is 62.4 Å². The molecule has 1 aliphatic heterocycles. The van der Waals surface area contributed by atoms with Gasteiger partial charge in [-0.25, -0.2) is 4.98 Å². The van der Waals surface area contributed by atoms with Gasteiger partial charge in [0.05, 0.1) is 5.69 Å². The van der Waals surface area contributed by atoms with E-state index >= 15 is 0 Å². The largest absolute Gasteiger partial charge is 0.471 e. The maximum absolute atomic E-state index is 10.8. The Morgan fingerprint density at radius 2 is 1.71 bits per heavy atom. The molecule has 1 fully saturated rings. The van der Waals surface area contributed by atoms with Gasteiger partial charge < -0.3 is 9.84 Å². The first-order valence-electron chi connectivity index (χ1n) is 12.5. The van der Waals surface area contributed by atoms with Gasteiger partial charge in [0.25, 0.3) is 0 Å². The molecule has 3 aromatic rings. The number of rotatable bonds is 5. The second kappa shape index (κ2) is 10.1. The number of halogens is 2. The predicted molar refractivity (Wildman–Crippen MR) is 143 cm³/mol. The summed E-state index contributed by atoms with van der Waals surface area (Å²) in [5.74, 6) is 0.730. The number of hydrogen-bond donors (Lipinski definition) is 2. The molecule has 0 radical (unpaired) electrons. The van der Waals surface area contributed by atoms with Gasteiger partial charge in [-0.05, 0) is 61.4 Å². The summed E-state index contributed by atoms with van der Waals surface area (Å²) in [4.78, 5) is 5.13. The molecule has 35 heavy (non-hydrogen) atoms. The zero-order valence-electron chi connectivity index (χ0n) is 20.2. The Kier molecular flexibility index (Phi) is 7.09. The molecule has 0 saturated heterocycles. The first-order chi connectivity index (χ1) is 16.8. The van der Waals surface area contributed by atoms with Gasteiger partial charge in [-0.2, -0.15) is 0 Å². The van der Waals surface area contributed by atoms with E-state index in [2.05, 4.69) is 11.4 Å². The van der Waals surface area contributed by atoms with E-state index in [9.17, 15) is 5.11 Å². The number of nitrogens with one attached hydrogen (secondary N) is 1. The number of ether oxygens (including phenoxy) is 1. The molecule has 6 heteroatoms. The molecule has 4 nitrogen and oxygen atoms in total. The van der Waals surface area contributed by atoms with Gasteiger partial charge in [-0.15, -0.1) is 0 Å². The van der Waals surface area contributed by atoms with Gasteiger partial charge >= 0.3 is 0 Å². The fraction of sp³-hybridized carbons (Fsp3) is 0.414. The number of aromatic nitrogens is 1. The number of hydrogen-bond acceptors (Lipinski definition) is 4. The van der Waals surface area contributed by atoms with Crippen LogP contribution in [0.1, 0.15) is 64.0 Å². The van der Waals surface area contributed by atoms with Crippen LogP contribution in [0.2, 0.25) is 10.0 Å². The molecule has 184 valence electrons. The number of benzene rings is 2. The summed E-state index contributed by atoms with van der Waals surface area (Å²) in [5.41, 5.74) is 4.32. The lowest BCUT2D eigenvalue weighted by Gasteiger charge is -2.45. The lowest BCUT2D eigenvalue weighted by atomic mass is 9.77. The lowest BCUT2D eigenvalue weighted by Crippen LogP contribution is -2.48. The van der Waals surface area contributed by atoms with Gasteiger partial charge in [0.1, 0.15) is 11.8 Å². The van der Waals surface area contributed by atoms with E-state index in [0.29, 0.717) is 15.9 Å². The highest BCUT2D eigenvalue weighted by molar-refractivity contribution is 6.33. The molecule has 2 aromatic carbocycles. The van der Waals surface area contributed by atoms with Crippen LogP contribution >= 0.6 is 23.2 Å². The summed E-state index contributed by atoms with van der Waals surface area (Å²) in [5, 5.41) is 15.6. The van der Waals surface area contributed by atoms with E-state index in [1.165, 1.54) is 6.42 Å². The molecular formula is C29H32Cl2N2O2. The number of nitrogens with zero attached hydrogens (tertiary/aromatic N) is 1. The van der Waals surface area contributed by atoms with Crippen LogP contribution in [0, 0.1) is 5.92 Å². The van der Waals surface area contributed by atoms with Gasteiger partial charge in [0, 0.05) is 39.2 Å². The molecule has 5 rings (SSSR count). The molecule has 1 aromatic heterocycles. The third-order valence-corrected chi connectivity index (χ3v) is 7.91. The minimum atomic E-state index is -0.617. The van der Waals surface area contributed by atoms with Crippen molar-refractivity contribution in [2.45, 2.75) is 70.2 Å². The molecule has 2 atom stereocenters. The van der Waals surface area contributed by atoms with Crippen LogP contribution in [0.25, 0.3) is 22.4 Å². The smallest absolute Gasteiger partial charge is 0.219 e. The summed E-state index contributed by atoms with van der Waals surface area (Å²) in [6.07, 6.45) is 5.74. The monoisotopic (exact) mass is 510 g/mol. The molecule has 2 heterocycles. The maximum Gasteiger partial charge on any atom is 0.219 e. The van der Waals surface area contributed by atoms with Crippen LogP contribution in [-0.4, -0.2) is 21.9 Å². The third kappa shape index (κ3) is 5.08. The molecule has 0 amide bonds. The molecule has 0 bridgehead atoms. The Labute approximate surface area is 217 Å². The summed E-state index contributed by atoms with van der Waals surface area (Å²) < 4.78 is 6.75. The zero-order chi connectivity index (χ0) is 24.6. The van der Waals surface area contributed by atoms with Crippen molar-refractivity contribution in [1.29, 1.82) is 0 Å². The third-order valence-electron chi connectivity index (χ3n) is 7.33.